The van der Waals surface area contributed by atoms with Gasteiger partial charge in [0.05, 0.1) is 5.52 Å². The van der Waals surface area contributed by atoms with Gasteiger partial charge in [-0.1, -0.05) is 24.3 Å². The summed E-state index contributed by atoms with van der Waals surface area (Å²) < 4.78 is 29.3. The summed E-state index contributed by atoms with van der Waals surface area (Å²) in [6, 6.07) is 12.1. The van der Waals surface area contributed by atoms with E-state index in [9.17, 15) is 0 Å². The van der Waals surface area contributed by atoms with Crippen LogP contribution < -0.4 is 51.4 Å². The summed E-state index contributed by atoms with van der Waals surface area (Å²) in [6.07, 6.45) is 1.81. The van der Waals surface area contributed by atoms with Crippen LogP contribution in [-0.4, -0.2) is 23.2 Å². The molecule has 0 aliphatic carbocycles. The summed E-state index contributed by atoms with van der Waals surface area (Å²) in [5.41, 5.74) is 1.06. The molecule has 0 fully saturated rings. The van der Waals surface area contributed by atoms with E-state index in [0.717, 1.165) is 5.52 Å². The second-order valence-electron chi connectivity index (χ2n) is 2.68. The molecular formula is C9H8KNO5S. The molecule has 1 N–H and O–H groups in total. The molecule has 0 aliphatic heterocycles. The Hall–Kier alpha value is 0.0964. The van der Waals surface area contributed by atoms with Crippen molar-refractivity contribution in [1.82, 2.24) is 4.98 Å². The van der Waals surface area contributed by atoms with E-state index in [1.54, 1.807) is 0 Å². The van der Waals surface area contributed by atoms with Crippen molar-refractivity contribution in [2.45, 2.75) is 0 Å². The molecule has 0 radical (unpaired) electrons. The first-order valence-electron chi connectivity index (χ1n) is 4.11. The molecule has 0 unspecified atom stereocenters. The van der Waals surface area contributed by atoms with Gasteiger partial charge in [-0.25, -0.2) is 13.7 Å². The quantitative estimate of drug-likeness (QED) is 0.217. The van der Waals surface area contributed by atoms with Crippen molar-refractivity contribution in [2.75, 3.05) is 0 Å². The molecule has 0 spiro atoms. The molecule has 0 amide bonds. The summed E-state index contributed by atoms with van der Waals surface area (Å²) in [5, 5.41) is 8.20. The van der Waals surface area contributed by atoms with E-state index in [1.807, 2.05) is 30.5 Å². The van der Waals surface area contributed by atoms with E-state index in [2.05, 4.69) is 21.5 Å². The smallest absolute Gasteiger partial charge is 0.724 e. The van der Waals surface area contributed by atoms with E-state index in [1.165, 1.54) is 5.39 Å². The Bertz CT molecular complexity index is 495. The molecule has 1 aromatic heterocycles. The molecule has 0 atom stereocenters. The van der Waals surface area contributed by atoms with Crippen molar-refractivity contribution >= 4 is 21.3 Å². The molecule has 1 heterocycles. The van der Waals surface area contributed by atoms with Gasteiger partial charge in [0.1, 0.15) is 0 Å². The van der Waals surface area contributed by atoms with Crippen LogP contribution in [0.3, 0.4) is 0 Å². The first-order valence-corrected chi connectivity index (χ1v) is 5.45. The second kappa shape index (κ2) is 8.24. The van der Waals surface area contributed by atoms with Crippen LogP contribution in [0.25, 0.3) is 10.9 Å². The summed E-state index contributed by atoms with van der Waals surface area (Å²) in [7, 11) is -4.86. The standard InChI is InChI=1S/C9H7N.K.H2O5S/c1-2-6-9-8(4-1)5-3-7-10-9;;1-5-6(2,3)4/h1-7H;;1H,(H,2,3,4)/q;+1;/p-1. The van der Waals surface area contributed by atoms with Crippen LogP contribution in [0.1, 0.15) is 0 Å². The molecule has 0 saturated heterocycles. The van der Waals surface area contributed by atoms with Gasteiger partial charge in [0.15, 0.2) is 0 Å². The number of aromatic nitrogens is 1. The first kappa shape index (κ1) is 17.1. The zero-order chi connectivity index (χ0) is 12.0. The van der Waals surface area contributed by atoms with Gasteiger partial charge in [0.25, 0.3) is 0 Å². The summed E-state index contributed by atoms with van der Waals surface area (Å²) in [6.45, 7) is 0. The van der Waals surface area contributed by atoms with Crippen molar-refractivity contribution in [1.29, 1.82) is 0 Å². The molecule has 8 heteroatoms. The van der Waals surface area contributed by atoms with Crippen LogP contribution in [0.4, 0.5) is 0 Å². The summed E-state index contributed by atoms with van der Waals surface area (Å²) >= 11 is 0. The molecule has 6 nitrogen and oxygen atoms in total. The number of hydrogen-bond acceptors (Lipinski definition) is 6. The predicted octanol–water partition coefficient (Wildman–Crippen LogP) is -1.82. The third-order valence-corrected chi connectivity index (χ3v) is 1.79. The van der Waals surface area contributed by atoms with Crippen LogP contribution in [0.5, 0.6) is 0 Å². The Kier molecular flexibility index (Phi) is 8.29. The largest absolute Gasteiger partial charge is 1.00 e. The summed E-state index contributed by atoms with van der Waals surface area (Å²) in [4.78, 5) is 4.18. The van der Waals surface area contributed by atoms with Gasteiger partial charge in [-0.3, -0.25) is 4.98 Å². The van der Waals surface area contributed by atoms with Gasteiger partial charge in [0.2, 0.25) is 10.4 Å². The van der Waals surface area contributed by atoms with Gasteiger partial charge < -0.3 is 4.55 Å². The molecular weight excluding hydrogens is 273 g/mol. The van der Waals surface area contributed by atoms with Gasteiger partial charge in [-0.15, -0.1) is 4.33 Å². The Morgan fingerprint density at radius 1 is 1.18 bits per heavy atom. The predicted molar refractivity (Wildman–Crippen MR) is 55.2 cm³/mol. The summed E-state index contributed by atoms with van der Waals surface area (Å²) in [5.74, 6) is 0. The number of nitrogens with zero attached hydrogens (tertiary/aromatic N) is 1. The van der Waals surface area contributed by atoms with Crippen LogP contribution in [0.15, 0.2) is 42.6 Å². The van der Waals surface area contributed by atoms with Crippen LogP contribution in [0, 0.1) is 0 Å². The Morgan fingerprint density at radius 3 is 2.24 bits per heavy atom. The average Bonchev–Trinajstić information content (AvgIpc) is 2.29. The molecule has 0 saturated carbocycles. The Balaban J connectivity index is 0.000000324. The van der Waals surface area contributed by atoms with Gasteiger partial charge >= 0.3 is 51.4 Å². The molecule has 0 aliphatic rings. The normalized spacial score (nSPS) is 10.0. The fourth-order valence-corrected chi connectivity index (χ4v) is 1.02. The number of benzene rings is 1. The van der Waals surface area contributed by atoms with E-state index >= 15 is 0 Å². The fraction of sp³-hybridized carbons (Fsp3) is 0. The number of hydrogen-bond donors (Lipinski definition) is 1. The SMILES string of the molecule is O=S(=O)([O-])OO.[K+].c1ccc2ncccc2c1. The minimum atomic E-state index is -4.86. The minimum absolute atomic E-state index is 0. The second-order valence-corrected chi connectivity index (χ2v) is 3.64. The van der Waals surface area contributed by atoms with E-state index < -0.39 is 10.4 Å². The Morgan fingerprint density at radius 2 is 1.71 bits per heavy atom. The minimum Gasteiger partial charge on any atom is -0.724 e. The number of para-hydroxylation sites is 1. The van der Waals surface area contributed by atoms with Crippen LogP contribution >= 0.6 is 0 Å². The molecule has 86 valence electrons. The zero-order valence-electron chi connectivity index (χ0n) is 8.98. The van der Waals surface area contributed by atoms with Crippen molar-refractivity contribution in [3.05, 3.63) is 42.6 Å². The maximum absolute atomic E-state index is 8.97. The average molecular weight is 281 g/mol. The topological polar surface area (TPSA) is 99.6 Å². The van der Waals surface area contributed by atoms with Crippen molar-refractivity contribution in [3.8, 4) is 0 Å². The third kappa shape index (κ3) is 7.19. The molecule has 2 rings (SSSR count). The molecule has 2 aromatic rings. The first-order chi connectivity index (χ1) is 7.53. The number of pyridine rings is 1. The molecule has 1 aromatic carbocycles. The fourth-order valence-electron chi connectivity index (χ4n) is 1.02. The maximum Gasteiger partial charge on any atom is 1.00 e. The van der Waals surface area contributed by atoms with Crippen LogP contribution in [0.2, 0.25) is 0 Å². The Labute approximate surface area is 141 Å². The van der Waals surface area contributed by atoms with Gasteiger partial charge in [0, 0.05) is 11.6 Å². The third-order valence-electron chi connectivity index (χ3n) is 1.60. The zero-order valence-corrected chi connectivity index (χ0v) is 12.9. The monoisotopic (exact) mass is 281 g/mol. The number of rotatable bonds is 1. The maximum atomic E-state index is 8.97. The molecule has 17 heavy (non-hydrogen) atoms. The van der Waals surface area contributed by atoms with Crippen molar-refractivity contribution in [3.63, 3.8) is 0 Å². The van der Waals surface area contributed by atoms with Gasteiger partial charge in [-0.2, -0.15) is 0 Å². The molecule has 0 bridgehead atoms. The van der Waals surface area contributed by atoms with Crippen molar-refractivity contribution in [2.24, 2.45) is 0 Å². The number of fused-ring (bicyclic) bond motifs is 1. The van der Waals surface area contributed by atoms with Gasteiger partial charge in [-0.05, 0) is 12.1 Å². The van der Waals surface area contributed by atoms with Crippen molar-refractivity contribution < 1.29 is 73.9 Å². The van der Waals surface area contributed by atoms with E-state index in [0.29, 0.717) is 0 Å². The van der Waals surface area contributed by atoms with Crippen LogP contribution in [-0.2, 0) is 14.7 Å². The van der Waals surface area contributed by atoms with E-state index in [4.69, 9.17) is 18.2 Å². The van der Waals surface area contributed by atoms with E-state index in [-0.39, 0.29) is 51.4 Å².